The number of alkyl halides is 3. The molecule has 2 aliphatic heterocycles. The topological polar surface area (TPSA) is 125 Å². The maximum absolute atomic E-state index is 14.6. The third kappa shape index (κ3) is 4.12. The number of carboxylic acid groups (broad SMARTS) is 1. The summed E-state index contributed by atoms with van der Waals surface area (Å²) in [6.45, 7) is 2.39. The quantitative estimate of drug-likeness (QED) is 0.391. The molecule has 12 heteroatoms. The fourth-order valence-electron chi connectivity index (χ4n) is 10.1. The minimum atomic E-state index is -5.02. The number of hydrogen-bond acceptors (Lipinski definition) is 7. The molecular weight excluding hydrogens is 601 g/mol. The van der Waals surface area contributed by atoms with Gasteiger partial charge in [-0.1, -0.05) is 0 Å². The summed E-state index contributed by atoms with van der Waals surface area (Å²) in [5, 5.41) is 23.1. The first kappa shape index (κ1) is 29.5. The number of carboxylic acids is 1. The minimum absolute atomic E-state index is 0.109. The molecule has 1 spiro atoms. The number of fused-ring (bicyclic) bond motifs is 2. The van der Waals surface area contributed by atoms with Crippen molar-refractivity contribution in [2.75, 3.05) is 31.3 Å². The minimum Gasteiger partial charge on any atom is -0.494 e. The molecule has 2 N–H and O–H groups in total. The van der Waals surface area contributed by atoms with Gasteiger partial charge >= 0.3 is 12.1 Å². The van der Waals surface area contributed by atoms with Gasteiger partial charge in [0.15, 0.2) is 11.5 Å². The zero-order chi connectivity index (χ0) is 32.0. The van der Waals surface area contributed by atoms with Crippen molar-refractivity contribution in [1.82, 2.24) is 10.3 Å². The highest BCUT2D eigenvalue weighted by Crippen LogP contribution is 2.83. The molecule has 46 heavy (non-hydrogen) atoms. The van der Waals surface area contributed by atoms with E-state index in [0.717, 1.165) is 50.5 Å². The Labute approximate surface area is 264 Å². The number of nitrogens with zero attached hydrogens (tertiary/aromatic N) is 3. The zero-order valence-corrected chi connectivity index (χ0v) is 25.2. The van der Waals surface area contributed by atoms with Crippen molar-refractivity contribution < 1.29 is 37.3 Å². The number of rotatable bonds is 8. The van der Waals surface area contributed by atoms with Crippen molar-refractivity contribution in [2.45, 2.75) is 63.1 Å². The number of anilines is 2. The molecule has 1 aromatic heterocycles. The zero-order valence-electron chi connectivity index (χ0n) is 25.2. The molecular formula is C34H35F3N4O5. The van der Waals surface area contributed by atoms with E-state index in [1.807, 2.05) is 12.1 Å². The Balaban J connectivity index is 1.06. The first-order chi connectivity index (χ1) is 22.1. The highest BCUT2D eigenvalue weighted by Gasteiger charge is 2.83. The number of nitrogens with one attached hydrogen (secondary N) is 1. The molecule has 6 atom stereocenters. The van der Waals surface area contributed by atoms with Crippen LogP contribution in [0.3, 0.4) is 0 Å². The van der Waals surface area contributed by atoms with Gasteiger partial charge in [0.2, 0.25) is 0 Å². The van der Waals surface area contributed by atoms with Gasteiger partial charge in [-0.3, -0.25) is 4.79 Å². The molecule has 1 saturated heterocycles. The molecule has 2 bridgehead atoms. The van der Waals surface area contributed by atoms with Crippen LogP contribution in [-0.2, 0) is 22.1 Å². The second-order valence-corrected chi connectivity index (χ2v) is 14.0. The van der Waals surface area contributed by atoms with Crippen LogP contribution in [0.1, 0.15) is 72.1 Å². The lowest BCUT2D eigenvalue weighted by molar-refractivity contribution is -0.209. The SMILES string of the molecule is N#Cc1cc(C(=O)NC2(C(=O)O)C3CC4CC5CC2C45C3)c(C(F)(F)F)nc1N1CCc2cc(OCCC3CCOCC3)ccc21. The van der Waals surface area contributed by atoms with Crippen molar-refractivity contribution in [1.29, 1.82) is 5.26 Å². The van der Waals surface area contributed by atoms with Crippen LogP contribution in [0.2, 0.25) is 0 Å². The summed E-state index contributed by atoms with van der Waals surface area (Å²) in [5.41, 5.74) is -2.71. The molecule has 6 aliphatic rings. The van der Waals surface area contributed by atoms with Crippen LogP contribution in [0.15, 0.2) is 24.3 Å². The highest BCUT2D eigenvalue weighted by molar-refractivity contribution is 6.00. The number of ether oxygens (including phenoxy) is 2. The lowest BCUT2D eigenvalue weighted by Gasteiger charge is -2.69. The van der Waals surface area contributed by atoms with Crippen LogP contribution in [0.5, 0.6) is 5.75 Å². The van der Waals surface area contributed by atoms with Crippen LogP contribution >= 0.6 is 0 Å². The summed E-state index contributed by atoms with van der Waals surface area (Å²) in [6.07, 6.45) is 1.49. The van der Waals surface area contributed by atoms with Crippen LogP contribution in [0, 0.1) is 46.3 Å². The molecule has 9 nitrogen and oxygen atoms in total. The molecule has 1 amide bonds. The summed E-state index contributed by atoms with van der Waals surface area (Å²) in [6, 6.07) is 8.25. The Kier molecular flexibility index (Phi) is 6.63. The monoisotopic (exact) mass is 636 g/mol. The Morgan fingerprint density at radius 3 is 2.61 bits per heavy atom. The van der Waals surface area contributed by atoms with Crippen LogP contribution < -0.4 is 15.0 Å². The summed E-state index contributed by atoms with van der Waals surface area (Å²) in [4.78, 5) is 31.9. The van der Waals surface area contributed by atoms with Crippen molar-refractivity contribution in [3.05, 3.63) is 46.6 Å². The number of carbonyl (C=O) groups excluding carboxylic acids is 1. The standard InChI is InChI=1S/C34H35F3N4O5/c35-34(36,37)28-25(30(42)40-33(31(43)44)23-14-21-13-22-15-27(33)32(21,22)16-23)12-20(17-38)29(39-28)41-7-3-19-11-24(1-2-26(19)41)46-10-6-18-4-8-45-9-5-18/h1-2,11-12,18,21-23,27H,3-10,13-16H2,(H,40,42)(H,43,44). The molecule has 4 aliphatic carbocycles. The predicted molar refractivity (Wildman–Crippen MR) is 157 cm³/mol. The molecule has 6 unspecified atom stereocenters. The van der Waals surface area contributed by atoms with Gasteiger partial charge in [-0.2, -0.15) is 18.4 Å². The number of nitriles is 1. The van der Waals surface area contributed by atoms with E-state index in [2.05, 4.69) is 10.3 Å². The van der Waals surface area contributed by atoms with Gasteiger partial charge in [0.05, 0.1) is 17.7 Å². The second-order valence-electron chi connectivity index (χ2n) is 14.0. The van der Waals surface area contributed by atoms with Crippen LogP contribution in [0.4, 0.5) is 24.7 Å². The maximum Gasteiger partial charge on any atom is 0.434 e. The van der Waals surface area contributed by atoms with E-state index < -0.39 is 34.8 Å². The van der Waals surface area contributed by atoms with Crippen LogP contribution in [-0.4, -0.2) is 53.9 Å². The molecule has 242 valence electrons. The number of carbonyl (C=O) groups is 2. The summed E-state index contributed by atoms with van der Waals surface area (Å²) in [7, 11) is 0. The summed E-state index contributed by atoms with van der Waals surface area (Å²) >= 11 is 0. The summed E-state index contributed by atoms with van der Waals surface area (Å²) < 4.78 is 55.1. The fourth-order valence-corrected chi connectivity index (χ4v) is 10.1. The van der Waals surface area contributed by atoms with Crippen molar-refractivity contribution >= 4 is 23.4 Å². The smallest absolute Gasteiger partial charge is 0.434 e. The maximum atomic E-state index is 14.6. The van der Waals surface area contributed by atoms with E-state index in [9.17, 15) is 33.1 Å². The average molecular weight is 637 g/mol. The van der Waals surface area contributed by atoms with Crippen LogP contribution in [0.25, 0.3) is 0 Å². The molecule has 0 radical (unpaired) electrons. The largest absolute Gasteiger partial charge is 0.494 e. The van der Waals surface area contributed by atoms with Gasteiger partial charge in [-0.15, -0.1) is 0 Å². The van der Waals surface area contributed by atoms with E-state index in [1.165, 1.54) is 0 Å². The lowest BCUT2D eigenvalue weighted by atomic mass is 9.36. The Morgan fingerprint density at radius 1 is 1.15 bits per heavy atom. The number of hydrogen-bond donors (Lipinski definition) is 2. The van der Waals surface area contributed by atoms with E-state index in [4.69, 9.17) is 9.47 Å². The highest BCUT2D eigenvalue weighted by atomic mass is 19.4. The first-order valence-corrected chi connectivity index (χ1v) is 16.3. The fraction of sp³-hybridized carbons (Fsp3) is 0.588. The van der Waals surface area contributed by atoms with Crippen molar-refractivity contribution in [3.8, 4) is 11.8 Å². The van der Waals surface area contributed by atoms with E-state index in [-0.39, 0.29) is 28.6 Å². The molecule has 5 fully saturated rings. The third-order valence-corrected chi connectivity index (χ3v) is 12.3. The van der Waals surface area contributed by atoms with Crippen molar-refractivity contribution in [2.24, 2.45) is 35.0 Å². The first-order valence-electron chi connectivity index (χ1n) is 16.3. The Hall–Kier alpha value is -3.85. The van der Waals surface area contributed by atoms with Gasteiger partial charge in [0, 0.05) is 25.4 Å². The summed E-state index contributed by atoms with van der Waals surface area (Å²) in [5.74, 6) is -1.06. The lowest BCUT2D eigenvalue weighted by Crippen LogP contribution is -2.73. The molecule has 3 heterocycles. The predicted octanol–water partition coefficient (Wildman–Crippen LogP) is 5.48. The van der Waals surface area contributed by atoms with Gasteiger partial charge < -0.3 is 24.8 Å². The molecule has 8 rings (SSSR count). The number of pyridine rings is 1. The molecule has 4 saturated carbocycles. The number of halogens is 3. The normalized spacial score (nSPS) is 32.2. The Morgan fingerprint density at radius 2 is 1.91 bits per heavy atom. The van der Waals surface area contributed by atoms with E-state index >= 15 is 0 Å². The van der Waals surface area contributed by atoms with Crippen molar-refractivity contribution in [3.63, 3.8) is 0 Å². The van der Waals surface area contributed by atoms with E-state index in [1.54, 1.807) is 17.0 Å². The molecule has 1 aromatic carbocycles. The number of aliphatic carboxylic acids is 1. The van der Waals surface area contributed by atoms with E-state index in [0.29, 0.717) is 68.0 Å². The van der Waals surface area contributed by atoms with Gasteiger partial charge in [0.1, 0.15) is 17.4 Å². The average Bonchev–Trinajstić information content (AvgIpc) is 3.68. The number of benzene rings is 1. The van der Waals surface area contributed by atoms with Gasteiger partial charge in [-0.25, -0.2) is 9.78 Å². The Bertz CT molecular complexity index is 1670. The second kappa shape index (κ2) is 10.3. The van der Waals surface area contributed by atoms with Gasteiger partial charge in [0.25, 0.3) is 5.91 Å². The number of amides is 1. The molecule has 2 aromatic rings. The van der Waals surface area contributed by atoms with Gasteiger partial charge in [-0.05, 0) is 116 Å². The third-order valence-electron chi connectivity index (χ3n) is 12.3. The number of aromatic nitrogens is 1.